The molecule has 3 nitrogen and oxygen atoms in total. The van der Waals surface area contributed by atoms with Gasteiger partial charge in [-0.15, -0.1) is 0 Å². The minimum absolute atomic E-state index is 0.627. The molecule has 0 radical (unpaired) electrons. The molecule has 3 N–H and O–H groups in total. The number of nitrogens with one attached hydrogen (secondary N) is 1. The largest absolute Gasteiger partial charge is 0.346 e. The first-order valence-electron chi connectivity index (χ1n) is 4.67. The summed E-state index contributed by atoms with van der Waals surface area (Å²) in [4.78, 5) is 11.3. The standard InChI is InChI=1S/C10H10F4N2O/c11-6-1-2-8(12)7(3-6)9(17)16-5-10(13,14)4-15/h1-3H,4-5,15H2,(H,16,17). The summed E-state index contributed by atoms with van der Waals surface area (Å²) in [5.74, 6) is -6.21. The van der Waals surface area contributed by atoms with Crippen LogP contribution >= 0.6 is 0 Å². The predicted molar refractivity (Wildman–Crippen MR) is 52.7 cm³/mol. The molecule has 7 heteroatoms. The Balaban J connectivity index is 2.74. The van der Waals surface area contributed by atoms with Crippen LogP contribution in [0.15, 0.2) is 18.2 Å². The van der Waals surface area contributed by atoms with E-state index in [1.165, 1.54) is 0 Å². The summed E-state index contributed by atoms with van der Waals surface area (Å²) in [5, 5.41) is 1.78. The lowest BCUT2D eigenvalue weighted by molar-refractivity contribution is 0.0118. The fourth-order valence-electron chi connectivity index (χ4n) is 1.05. The van der Waals surface area contributed by atoms with E-state index < -0.39 is 42.1 Å². The van der Waals surface area contributed by atoms with E-state index in [0.717, 1.165) is 12.1 Å². The van der Waals surface area contributed by atoms with Gasteiger partial charge >= 0.3 is 0 Å². The Kier molecular flexibility index (Phi) is 4.06. The lowest BCUT2D eigenvalue weighted by Crippen LogP contribution is -2.41. The second-order valence-electron chi connectivity index (χ2n) is 3.37. The van der Waals surface area contributed by atoms with E-state index in [4.69, 9.17) is 5.73 Å². The molecule has 1 aromatic rings. The Morgan fingerprint density at radius 1 is 1.35 bits per heavy atom. The first kappa shape index (κ1) is 13.4. The monoisotopic (exact) mass is 250 g/mol. The van der Waals surface area contributed by atoms with Gasteiger partial charge in [0.05, 0.1) is 18.7 Å². The van der Waals surface area contributed by atoms with Crippen LogP contribution in [0.1, 0.15) is 10.4 Å². The maximum atomic E-state index is 13.1. The molecule has 0 fully saturated rings. The summed E-state index contributed by atoms with van der Waals surface area (Å²) in [6.45, 7) is -1.98. The number of carbonyl (C=O) groups excluding carboxylic acids is 1. The maximum absolute atomic E-state index is 13.1. The van der Waals surface area contributed by atoms with Crippen molar-refractivity contribution in [2.45, 2.75) is 5.92 Å². The van der Waals surface area contributed by atoms with Crippen molar-refractivity contribution in [2.75, 3.05) is 13.1 Å². The average molecular weight is 250 g/mol. The van der Waals surface area contributed by atoms with Crippen molar-refractivity contribution < 1.29 is 22.4 Å². The summed E-state index contributed by atoms with van der Waals surface area (Å²) in [5.41, 5.74) is 4.12. The lowest BCUT2D eigenvalue weighted by atomic mass is 10.2. The van der Waals surface area contributed by atoms with Crippen molar-refractivity contribution in [1.82, 2.24) is 5.32 Å². The molecule has 0 aromatic heterocycles. The first-order chi connectivity index (χ1) is 7.85. The summed E-state index contributed by atoms with van der Waals surface area (Å²) < 4.78 is 51.2. The van der Waals surface area contributed by atoms with Crippen molar-refractivity contribution in [3.63, 3.8) is 0 Å². The molecule has 0 aliphatic heterocycles. The Morgan fingerprint density at radius 2 is 2.00 bits per heavy atom. The highest BCUT2D eigenvalue weighted by molar-refractivity contribution is 5.94. The fraction of sp³-hybridized carbons (Fsp3) is 0.300. The van der Waals surface area contributed by atoms with E-state index in [1.54, 1.807) is 5.32 Å². The normalized spacial score (nSPS) is 11.4. The third-order valence-electron chi connectivity index (χ3n) is 1.98. The number of amides is 1. The van der Waals surface area contributed by atoms with Crippen LogP contribution in [-0.2, 0) is 0 Å². The second-order valence-corrected chi connectivity index (χ2v) is 3.37. The molecule has 0 atom stereocenters. The molecule has 0 unspecified atom stereocenters. The fourth-order valence-corrected chi connectivity index (χ4v) is 1.05. The van der Waals surface area contributed by atoms with Gasteiger partial charge in [-0.2, -0.15) is 0 Å². The number of halogens is 4. The van der Waals surface area contributed by atoms with Gasteiger partial charge in [0.25, 0.3) is 11.8 Å². The van der Waals surface area contributed by atoms with Crippen LogP contribution in [0, 0.1) is 11.6 Å². The molecule has 0 bridgehead atoms. The van der Waals surface area contributed by atoms with E-state index in [2.05, 4.69) is 0 Å². The van der Waals surface area contributed by atoms with Gasteiger partial charge in [0.2, 0.25) is 0 Å². The van der Waals surface area contributed by atoms with Crippen molar-refractivity contribution in [2.24, 2.45) is 5.73 Å². The van der Waals surface area contributed by atoms with Crippen molar-refractivity contribution in [1.29, 1.82) is 0 Å². The SMILES string of the molecule is NCC(F)(F)CNC(=O)c1cc(F)ccc1F. The smallest absolute Gasteiger partial charge is 0.277 e. The topological polar surface area (TPSA) is 55.1 Å². The molecule has 0 saturated heterocycles. The lowest BCUT2D eigenvalue weighted by Gasteiger charge is -2.14. The van der Waals surface area contributed by atoms with Crippen LogP contribution in [0.2, 0.25) is 0 Å². The number of nitrogens with two attached hydrogens (primary N) is 1. The minimum Gasteiger partial charge on any atom is -0.346 e. The van der Waals surface area contributed by atoms with Crippen LogP contribution < -0.4 is 11.1 Å². The Hall–Kier alpha value is -1.63. The highest BCUT2D eigenvalue weighted by Crippen LogP contribution is 2.12. The third-order valence-corrected chi connectivity index (χ3v) is 1.98. The van der Waals surface area contributed by atoms with Gasteiger partial charge in [-0.1, -0.05) is 0 Å². The zero-order valence-corrected chi connectivity index (χ0v) is 8.64. The third kappa shape index (κ3) is 3.70. The molecule has 1 amide bonds. The van der Waals surface area contributed by atoms with Gasteiger partial charge in [0, 0.05) is 0 Å². The van der Waals surface area contributed by atoms with Gasteiger partial charge in [0.15, 0.2) is 0 Å². The number of carbonyl (C=O) groups is 1. The van der Waals surface area contributed by atoms with Crippen LogP contribution in [0.5, 0.6) is 0 Å². The Labute approximate surface area is 94.6 Å². The molecule has 0 heterocycles. The second kappa shape index (κ2) is 5.13. The molecule has 0 spiro atoms. The number of benzene rings is 1. The number of rotatable bonds is 4. The van der Waals surface area contributed by atoms with E-state index in [-0.39, 0.29) is 0 Å². The van der Waals surface area contributed by atoms with Gasteiger partial charge in [-0.05, 0) is 18.2 Å². The van der Waals surface area contributed by atoms with Gasteiger partial charge in [-0.25, -0.2) is 17.6 Å². The van der Waals surface area contributed by atoms with Crippen molar-refractivity contribution in [3.05, 3.63) is 35.4 Å². The highest BCUT2D eigenvalue weighted by Gasteiger charge is 2.27. The van der Waals surface area contributed by atoms with Gasteiger partial charge in [-0.3, -0.25) is 4.79 Å². The van der Waals surface area contributed by atoms with Gasteiger partial charge in [0.1, 0.15) is 11.6 Å². The van der Waals surface area contributed by atoms with Crippen LogP contribution in [-0.4, -0.2) is 24.9 Å². The zero-order valence-electron chi connectivity index (χ0n) is 8.64. The summed E-state index contributed by atoms with van der Waals surface area (Å²) in [7, 11) is 0. The molecule has 17 heavy (non-hydrogen) atoms. The van der Waals surface area contributed by atoms with Crippen LogP contribution in [0.4, 0.5) is 17.6 Å². The average Bonchev–Trinajstić information content (AvgIpc) is 2.29. The number of hydrogen-bond acceptors (Lipinski definition) is 2. The van der Waals surface area contributed by atoms with Gasteiger partial charge < -0.3 is 11.1 Å². The van der Waals surface area contributed by atoms with Crippen molar-refractivity contribution >= 4 is 5.91 Å². The number of hydrogen-bond donors (Lipinski definition) is 2. The van der Waals surface area contributed by atoms with Crippen LogP contribution in [0.25, 0.3) is 0 Å². The molecule has 1 aromatic carbocycles. The summed E-state index contributed by atoms with van der Waals surface area (Å²) in [6.07, 6.45) is 0. The predicted octanol–water partition coefficient (Wildman–Crippen LogP) is 1.29. The minimum atomic E-state index is -3.28. The van der Waals surface area contributed by atoms with Crippen LogP contribution in [0.3, 0.4) is 0 Å². The van der Waals surface area contributed by atoms with E-state index in [9.17, 15) is 22.4 Å². The summed E-state index contributed by atoms with van der Waals surface area (Å²) >= 11 is 0. The van der Waals surface area contributed by atoms with E-state index in [1.807, 2.05) is 0 Å². The maximum Gasteiger partial charge on any atom is 0.277 e. The first-order valence-corrected chi connectivity index (χ1v) is 4.67. The molecule has 1 rings (SSSR count). The molecule has 0 aliphatic rings. The summed E-state index contributed by atoms with van der Waals surface area (Å²) in [6, 6.07) is 2.19. The quantitative estimate of drug-likeness (QED) is 0.791. The Morgan fingerprint density at radius 3 is 2.59 bits per heavy atom. The number of alkyl halides is 2. The molecule has 94 valence electrons. The molecule has 0 saturated carbocycles. The van der Waals surface area contributed by atoms with E-state index in [0.29, 0.717) is 6.07 Å². The Bertz CT molecular complexity index is 423. The highest BCUT2D eigenvalue weighted by atomic mass is 19.3. The van der Waals surface area contributed by atoms with E-state index >= 15 is 0 Å². The molecule has 0 aliphatic carbocycles. The zero-order chi connectivity index (χ0) is 13.1. The van der Waals surface area contributed by atoms with Crippen molar-refractivity contribution in [3.8, 4) is 0 Å². The molecular formula is C10H10F4N2O. The molecular weight excluding hydrogens is 240 g/mol.